The largest absolute Gasteiger partial charge is 0.524 e. The number of benzene rings is 1. The Balaban J connectivity index is 1.69. The Morgan fingerprint density at radius 3 is 2.32 bits per heavy atom. The van der Waals surface area contributed by atoms with E-state index in [1.54, 1.807) is 36.0 Å². The highest BCUT2D eigenvalue weighted by molar-refractivity contribution is 7.46. The van der Waals surface area contributed by atoms with Crippen molar-refractivity contribution in [2.24, 2.45) is 5.73 Å². The predicted molar refractivity (Wildman–Crippen MR) is 186 cm³/mol. The minimum absolute atomic E-state index is 0.00978. The topological polar surface area (TPSA) is 221 Å². The molecular weight excluding hydrogens is 667 g/mol. The Bertz CT molecular complexity index is 1350. The van der Waals surface area contributed by atoms with E-state index in [9.17, 15) is 28.5 Å². The van der Waals surface area contributed by atoms with Crippen molar-refractivity contribution in [2.75, 3.05) is 20.6 Å². The maximum absolute atomic E-state index is 14.1. The number of unbranched alkanes of at least 4 members (excludes halogenated alkanes) is 4. The molecule has 15 nitrogen and oxygen atoms in total. The maximum atomic E-state index is 14.1. The van der Waals surface area contributed by atoms with Crippen molar-refractivity contribution in [1.29, 1.82) is 0 Å². The summed E-state index contributed by atoms with van der Waals surface area (Å²) in [7, 11) is -1.23. The Morgan fingerprint density at radius 2 is 1.68 bits per heavy atom. The van der Waals surface area contributed by atoms with Crippen LogP contribution in [0.2, 0.25) is 0 Å². The lowest BCUT2D eigenvalue weighted by atomic mass is 9.98. The molecule has 2 aliphatic rings. The van der Waals surface area contributed by atoms with Gasteiger partial charge in [-0.25, -0.2) is 4.57 Å². The van der Waals surface area contributed by atoms with Crippen LogP contribution in [0, 0.1) is 0 Å². The van der Waals surface area contributed by atoms with Crippen LogP contribution in [0.3, 0.4) is 0 Å². The lowest BCUT2D eigenvalue weighted by molar-refractivity contribution is -0.145. The number of carbonyl (C=O) groups excluding carboxylic acids is 5. The fourth-order valence-electron chi connectivity index (χ4n) is 6.63. The minimum atomic E-state index is -4.71. The van der Waals surface area contributed by atoms with Crippen LogP contribution in [0.5, 0.6) is 5.75 Å². The van der Waals surface area contributed by atoms with Gasteiger partial charge in [-0.15, -0.1) is 0 Å². The number of fused-ring (bicyclic) bond motifs is 1. The van der Waals surface area contributed by atoms with Crippen LogP contribution in [0.15, 0.2) is 24.3 Å². The molecule has 2 heterocycles. The monoisotopic (exact) mass is 722 g/mol. The summed E-state index contributed by atoms with van der Waals surface area (Å²) in [5.41, 5.74) is 6.07. The van der Waals surface area contributed by atoms with E-state index in [0.717, 1.165) is 51.4 Å². The highest BCUT2D eigenvalue weighted by Gasteiger charge is 2.45. The predicted octanol–water partition coefficient (Wildman–Crippen LogP) is 1.89. The number of amides is 5. The molecular formula is C34H55N6O9P. The van der Waals surface area contributed by atoms with Gasteiger partial charge in [0.25, 0.3) is 0 Å². The first-order chi connectivity index (χ1) is 23.7. The van der Waals surface area contributed by atoms with E-state index in [4.69, 9.17) is 15.5 Å². The van der Waals surface area contributed by atoms with Crippen LogP contribution >= 0.6 is 7.82 Å². The van der Waals surface area contributed by atoms with Crippen molar-refractivity contribution in [3.63, 3.8) is 0 Å². The van der Waals surface area contributed by atoms with Gasteiger partial charge >= 0.3 is 7.82 Å². The second kappa shape index (κ2) is 19.8. The molecule has 50 heavy (non-hydrogen) atoms. The van der Waals surface area contributed by atoms with Crippen molar-refractivity contribution in [3.05, 3.63) is 29.8 Å². The zero-order valence-corrected chi connectivity index (χ0v) is 30.4. The summed E-state index contributed by atoms with van der Waals surface area (Å²) in [6, 6.07) is 2.51. The van der Waals surface area contributed by atoms with E-state index in [0.29, 0.717) is 31.4 Å². The van der Waals surface area contributed by atoms with Crippen molar-refractivity contribution in [1.82, 2.24) is 25.8 Å². The molecule has 0 saturated carbocycles. The van der Waals surface area contributed by atoms with E-state index in [1.165, 1.54) is 12.1 Å². The first-order valence-corrected chi connectivity index (χ1v) is 19.2. The van der Waals surface area contributed by atoms with E-state index < -0.39 is 49.7 Å². The van der Waals surface area contributed by atoms with E-state index in [1.807, 2.05) is 0 Å². The highest BCUT2D eigenvalue weighted by atomic mass is 31.2. The molecule has 7 N–H and O–H groups in total. The summed E-state index contributed by atoms with van der Waals surface area (Å²) in [5.74, 6) is -2.19. The van der Waals surface area contributed by atoms with Crippen LogP contribution < -0.4 is 26.2 Å². The lowest BCUT2D eigenvalue weighted by Crippen LogP contribution is -2.59. The highest BCUT2D eigenvalue weighted by Crippen LogP contribution is 2.37. The number of phosphoric ester groups is 1. The van der Waals surface area contributed by atoms with Crippen LogP contribution in [0.25, 0.3) is 0 Å². The molecule has 1 aromatic rings. The number of hydrogen-bond acceptors (Lipinski definition) is 8. The number of hydrogen-bond donors (Lipinski definition) is 6. The number of likely N-dealkylation sites (N-methyl/N-ethyl adjacent to an activating group) is 1. The van der Waals surface area contributed by atoms with Crippen molar-refractivity contribution < 1.29 is 42.8 Å². The molecule has 280 valence electrons. The van der Waals surface area contributed by atoms with Gasteiger partial charge in [-0.1, -0.05) is 57.6 Å². The van der Waals surface area contributed by atoms with E-state index >= 15 is 0 Å². The maximum Gasteiger partial charge on any atom is 0.524 e. The molecule has 2 fully saturated rings. The summed E-state index contributed by atoms with van der Waals surface area (Å²) in [4.78, 5) is 87.6. The van der Waals surface area contributed by atoms with Gasteiger partial charge in [0.1, 0.15) is 23.9 Å². The molecule has 1 aromatic carbocycles. The number of carbonyl (C=O) groups is 5. The van der Waals surface area contributed by atoms with Crippen LogP contribution in [-0.2, 0) is 35.0 Å². The smallest absolute Gasteiger partial charge is 0.404 e. The number of phosphoric acid groups is 1. The molecule has 0 radical (unpaired) electrons. The van der Waals surface area contributed by atoms with E-state index in [2.05, 4.69) is 27.4 Å². The molecule has 16 heteroatoms. The first kappa shape index (κ1) is 40.9. The molecule has 5 atom stereocenters. The van der Waals surface area contributed by atoms with E-state index in [-0.39, 0.29) is 42.9 Å². The van der Waals surface area contributed by atoms with Gasteiger partial charge in [0.15, 0.2) is 0 Å². The molecule has 0 spiro atoms. The first-order valence-electron chi connectivity index (χ1n) is 17.7. The Labute approximate surface area is 294 Å². The summed E-state index contributed by atoms with van der Waals surface area (Å²) in [5, 5.41) is 8.60. The summed E-state index contributed by atoms with van der Waals surface area (Å²) in [6.45, 7) is 2.58. The lowest BCUT2D eigenvalue weighted by Gasteiger charge is -2.36. The molecule has 2 saturated heterocycles. The van der Waals surface area contributed by atoms with Crippen molar-refractivity contribution >= 4 is 37.4 Å². The molecule has 0 aromatic heterocycles. The Kier molecular flexibility index (Phi) is 16.2. The molecule has 1 unspecified atom stereocenters. The number of nitrogens with one attached hydrogen (secondary N) is 3. The second-order valence-corrected chi connectivity index (χ2v) is 14.7. The normalized spacial score (nSPS) is 20.6. The Hall–Kier alpha value is -3.52. The number of nitrogens with two attached hydrogens (primary N) is 1. The third-order valence-electron chi connectivity index (χ3n) is 9.35. The summed E-state index contributed by atoms with van der Waals surface area (Å²) >= 11 is 0. The Morgan fingerprint density at radius 1 is 1.00 bits per heavy atom. The van der Waals surface area contributed by atoms with Gasteiger partial charge in [-0.2, -0.15) is 0 Å². The third kappa shape index (κ3) is 13.0. The molecule has 0 aliphatic carbocycles. The van der Waals surface area contributed by atoms with Gasteiger partial charge in [-0.3, -0.25) is 38.7 Å². The van der Waals surface area contributed by atoms with Crippen LogP contribution in [0.4, 0.5) is 0 Å². The third-order valence-corrected chi connectivity index (χ3v) is 9.80. The number of nitrogens with zero attached hydrogens (tertiary/aromatic N) is 2. The number of rotatable bonds is 19. The van der Waals surface area contributed by atoms with Gasteiger partial charge in [-0.05, 0) is 76.7 Å². The van der Waals surface area contributed by atoms with Gasteiger partial charge in [0.05, 0.1) is 6.04 Å². The van der Waals surface area contributed by atoms with Crippen molar-refractivity contribution in [3.8, 4) is 5.75 Å². The fourth-order valence-corrected chi connectivity index (χ4v) is 7.03. The molecule has 5 amide bonds. The molecule has 0 bridgehead atoms. The van der Waals surface area contributed by atoms with Crippen LogP contribution in [-0.4, -0.2) is 100.0 Å². The van der Waals surface area contributed by atoms with Gasteiger partial charge < -0.3 is 31.1 Å². The van der Waals surface area contributed by atoms with Crippen LogP contribution in [0.1, 0.15) is 96.0 Å². The second-order valence-electron chi connectivity index (χ2n) is 13.5. The average Bonchev–Trinajstić information content (AvgIpc) is 3.46. The minimum Gasteiger partial charge on any atom is -0.404 e. The zero-order valence-electron chi connectivity index (χ0n) is 29.5. The quantitative estimate of drug-likeness (QED) is 0.0899. The zero-order chi connectivity index (χ0) is 36.8. The SMILES string of the molecule is CCCCCCCNC(=O)[C@H](CCC(N)=O)NC(=O)[C@@H]1CCC2CCCC[C@H](NC(=O)[C@H](Cc3ccc(OP(=O)(O)O)cc3)N(C)C)C(=O)N21. The van der Waals surface area contributed by atoms with Crippen molar-refractivity contribution in [2.45, 2.75) is 127 Å². The number of primary amides is 1. The standard InChI is InChI=1S/C34H55N6O9P/c1-4-5-6-7-10-21-36-31(42)26(18-20-30(35)41)37-32(43)28-19-15-24-11-8-9-12-27(34(45)40(24)28)38-33(44)29(39(2)3)22-23-13-16-25(17-14-23)49-50(46,47)48/h13-14,16-17,24,26-29H,4-12,15,18-22H2,1-3H3,(H2,35,41)(H,36,42)(H,37,43)(H,38,44)(H2,46,47,48)/t24?,26-,27-,28-,29-/m0/s1. The molecule has 2 aliphatic heterocycles. The van der Waals surface area contributed by atoms with Gasteiger partial charge in [0.2, 0.25) is 29.5 Å². The summed E-state index contributed by atoms with van der Waals surface area (Å²) < 4.78 is 15.8. The average molecular weight is 723 g/mol. The molecule has 3 rings (SSSR count). The summed E-state index contributed by atoms with van der Waals surface area (Å²) in [6.07, 6.45) is 8.98. The fraction of sp³-hybridized carbons (Fsp3) is 0.676. The van der Waals surface area contributed by atoms with Gasteiger partial charge in [0, 0.05) is 19.0 Å².